The van der Waals surface area contributed by atoms with Gasteiger partial charge in [-0.25, -0.2) is 0 Å². The zero-order valence-electron chi connectivity index (χ0n) is 10.7. The zero-order valence-corrected chi connectivity index (χ0v) is 10.7. The summed E-state index contributed by atoms with van der Waals surface area (Å²) in [4.78, 5) is 2.54. The van der Waals surface area contributed by atoms with Gasteiger partial charge in [0.25, 0.3) is 0 Å². The lowest BCUT2D eigenvalue weighted by atomic mass is 10.1. The van der Waals surface area contributed by atoms with Crippen molar-refractivity contribution in [2.24, 2.45) is 0 Å². The second-order valence-corrected chi connectivity index (χ2v) is 4.74. The van der Waals surface area contributed by atoms with E-state index in [4.69, 9.17) is 0 Å². The van der Waals surface area contributed by atoms with Gasteiger partial charge in [0.1, 0.15) is 0 Å². The van der Waals surface area contributed by atoms with Gasteiger partial charge >= 0.3 is 0 Å². The minimum atomic E-state index is 1.14. The molecule has 2 heteroatoms. The summed E-state index contributed by atoms with van der Waals surface area (Å²) in [6.45, 7) is 8.09. The Balaban J connectivity index is 1.80. The maximum Gasteiger partial charge on any atom is 0.0107 e. The van der Waals surface area contributed by atoms with E-state index in [1.165, 1.54) is 37.2 Å². The van der Waals surface area contributed by atoms with Crippen LogP contribution in [-0.4, -0.2) is 37.6 Å². The third kappa shape index (κ3) is 4.33. The summed E-state index contributed by atoms with van der Waals surface area (Å²) in [6.07, 6.45) is 3.47. The van der Waals surface area contributed by atoms with Gasteiger partial charge in [0, 0.05) is 32.7 Å². The van der Waals surface area contributed by atoms with Gasteiger partial charge < -0.3 is 10.2 Å². The van der Waals surface area contributed by atoms with Gasteiger partial charge in [0.15, 0.2) is 0 Å². The second kappa shape index (κ2) is 6.58. The number of benzene rings is 1. The quantitative estimate of drug-likeness (QED) is 0.854. The second-order valence-electron chi connectivity index (χ2n) is 4.74. The number of piperazine rings is 1. The molecular weight excluding hydrogens is 208 g/mol. The van der Waals surface area contributed by atoms with Crippen LogP contribution in [-0.2, 0) is 0 Å². The molecular formula is C15H22N2. The Kier molecular flexibility index (Phi) is 4.77. The van der Waals surface area contributed by atoms with Crippen molar-refractivity contribution in [2.75, 3.05) is 32.7 Å². The number of nitrogens with one attached hydrogen (secondary N) is 1. The van der Waals surface area contributed by atoms with Gasteiger partial charge in [0.2, 0.25) is 0 Å². The number of rotatable bonds is 4. The Morgan fingerprint density at radius 1 is 1.24 bits per heavy atom. The highest BCUT2D eigenvalue weighted by Gasteiger charge is 2.08. The smallest absolute Gasteiger partial charge is 0.0107 e. The van der Waals surface area contributed by atoms with E-state index in [0.717, 1.165) is 13.1 Å². The van der Waals surface area contributed by atoms with Crippen LogP contribution in [0.1, 0.15) is 18.9 Å². The van der Waals surface area contributed by atoms with Crippen molar-refractivity contribution in [3.05, 3.63) is 41.5 Å². The molecule has 1 fully saturated rings. The van der Waals surface area contributed by atoms with Crippen molar-refractivity contribution in [3.63, 3.8) is 0 Å². The Morgan fingerprint density at radius 2 is 1.94 bits per heavy atom. The van der Waals surface area contributed by atoms with Crippen molar-refractivity contribution < 1.29 is 0 Å². The summed E-state index contributed by atoms with van der Waals surface area (Å²) >= 11 is 0. The normalized spacial score (nSPS) is 18.3. The standard InChI is InChI=1S/C15H22N2/c1-14(13-15-5-3-2-4-6-15)7-10-17-11-8-16-9-12-17/h2-6,13,16H,7-12H2,1H3/b14-13+. The van der Waals surface area contributed by atoms with Gasteiger partial charge in [-0.2, -0.15) is 0 Å². The molecule has 1 aliphatic rings. The molecule has 1 aliphatic heterocycles. The summed E-state index contributed by atoms with van der Waals surface area (Å²) in [5.74, 6) is 0. The zero-order chi connectivity index (χ0) is 11.9. The molecule has 92 valence electrons. The van der Waals surface area contributed by atoms with E-state index in [-0.39, 0.29) is 0 Å². The van der Waals surface area contributed by atoms with Crippen molar-refractivity contribution in [3.8, 4) is 0 Å². The molecule has 1 N–H and O–H groups in total. The van der Waals surface area contributed by atoms with Crippen LogP contribution in [0.2, 0.25) is 0 Å². The lowest BCUT2D eigenvalue weighted by Gasteiger charge is -2.27. The van der Waals surface area contributed by atoms with Crippen LogP contribution in [0.3, 0.4) is 0 Å². The Bertz CT molecular complexity index is 350. The van der Waals surface area contributed by atoms with Crippen molar-refractivity contribution in [2.45, 2.75) is 13.3 Å². The van der Waals surface area contributed by atoms with E-state index in [9.17, 15) is 0 Å². The summed E-state index contributed by atoms with van der Waals surface area (Å²) in [5, 5.41) is 3.39. The first-order valence-corrected chi connectivity index (χ1v) is 6.50. The fraction of sp³-hybridized carbons (Fsp3) is 0.467. The Hall–Kier alpha value is -1.12. The first-order chi connectivity index (χ1) is 8.34. The van der Waals surface area contributed by atoms with Crippen LogP contribution in [0.4, 0.5) is 0 Å². The first kappa shape index (κ1) is 12.3. The summed E-state index contributed by atoms with van der Waals surface area (Å²) in [5.41, 5.74) is 2.78. The molecule has 0 spiro atoms. The Morgan fingerprint density at radius 3 is 2.65 bits per heavy atom. The molecule has 1 aromatic rings. The van der Waals surface area contributed by atoms with E-state index in [2.05, 4.69) is 53.5 Å². The molecule has 0 aromatic heterocycles. The molecule has 17 heavy (non-hydrogen) atoms. The molecule has 1 saturated heterocycles. The number of hydrogen-bond acceptors (Lipinski definition) is 2. The van der Waals surface area contributed by atoms with Gasteiger partial charge in [-0.3, -0.25) is 0 Å². The lowest BCUT2D eigenvalue weighted by molar-refractivity contribution is 0.244. The van der Waals surface area contributed by atoms with Crippen LogP contribution in [0.25, 0.3) is 6.08 Å². The van der Waals surface area contributed by atoms with Gasteiger partial charge in [0.05, 0.1) is 0 Å². The van der Waals surface area contributed by atoms with Crippen LogP contribution in [0, 0.1) is 0 Å². The van der Waals surface area contributed by atoms with Crippen LogP contribution >= 0.6 is 0 Å². The minimum Gasteiger partial charge on any atom is -0.314 e. The summed E-state index contributed by atoms with van der Waals surface area (Å²) in [6, 6.07) is 10.6. The maximum atomic E-state index is 3.39. The van der Waals surface area contributed by atoms with Crippen LogP contribution in [0.15, 0.2) is 35.9 Å². The lowest BCUT2D eigenvalue weighted by Crippen LogP contribution is -2.43. The average Bonchev–Trinajstić information content (AvgIpc) is 2.39. The molecule has 1 heterocycles. The fourth-order valence-corrected chi connectivity index (χ4v) is 2.18. The van der Waals surface area contributed by atoms with Crippen molar-refractivity contribution in [1.29, 1.82) is 0 Å². The highest BCUT2D eigenvalue weighted by atomic mass is 15.2. The number of nitrogens with zero attached hydrogens (tertiary/aromatic N) is 1. The third-order valence-electron chi connectivity index (χ3n) is 3.24. The van der Waals surface area contributed by atoms with Crippen molar-refractivity contribution in [1.82, 2.24) is 10.2 Å². The van der Waals surface area contributed by atoms with Gasteiger partial charge in [-0.05, 0) is 18.9 Å². The SMILES string of the molecule is C/C(=C\c1ccccc1)CCN1CCNCC1. The average molecular weight is 230 g/mol. The Labute approximate surface area is 104 Å². The van der Waals surface area contributed by atoms with Gasteiger partial charge in [-0.1, -0.05) is 42.0 Å². The predicted octanol–water partition coefficient (Wildman–Crippen LogP) is 2.39. The maximum absolute atomic E-state index is 3.39. The molecule has 2 nitrogen and oxygen atoms in total. The topological polar surface area (TPSA) is 15.3 Å². The molecule has 0 amide bonds. The van der Waals surface area contributed by atoms with Gasteiger partial charge in [-0.15, -0.1) is 0 Å². The van der Waals surface area contributed by atoms with Crippen LogP contribution in [0.5, 0.6) is 0 Å². The predicted molar refractivity (Wildman–Crippen MR) is 74.0 cm³/mol. The molecule has 0 bridgehead atoms. The fourth-order valence-electron chi connectivity index (χ4n) is 2.18. The highest BCUT2D eigenvalue weighted by Crippen LogP contribution is 2.10. The minimum absolute atomic E-state index is 1.14. The van der Waals surface area contributed by atoms with Crippen LogP contribution < -0.4 is 5.32 Å². The molecule has 0 saturated carbocycles. The third-order valence-corrected chi connectivity index (χ3v) is 3.24. The molecule has 2 rings (SSSR count). The summed E-state index contributed by atoms with van der Waals surface area (Å²) in [7, 11) is 0. The molecule has 0 unspecified atom stereocenters. The molecule has 0 radical (unpaired) electrons. The number of hydrogen-bond donors (Lipinski definition) is 1. The van der Waals surface area contributed by atoms with E-state index in [0.29, 0.717) is 0 Å². The molecule has 1 aromatic carbocycles. The molecule has 0 aliphatic carbocycles. The highest BCUT2D eigenvalue weighted by molar-refractivity contribution is 5.51. The summed E-state index contributed by atoms with van der Waals surface area (Å²) < 4.78 is 0. The van der Waals surface area contributed by atoms with E-state index in [1.54, 1.807) is 0 Å². The largest absolute Gasteiger partial charge is 0.314 e. The van der Waals surface area contributed by atoms with E-state index in [1.807, 2.05) is 0 Å². The molecule has 0 atom stereocenters. The van der Waals surface area contributed by atoms with E-state index < -0.39 is 0 Å². The monoisotopic (exact) mass is 230 g/mol. The van der Waals surface area contributed by atoms with Crippen molar-refractivity contribution >= 4 is 6.08 Å². The first-order valence-electron chi connectivity index (χ1n) is 6.50. The van der Waals surface area contributed by atoms with E-state index >= 15 is 0 Å².